The molecule has 1 unspecified atom stereocenters. The quantitative estimate of drug-likeness (QED) is 0.738. The van der Waals surface area contributed by atoms with Gasteiger partial charge in [0, 0.05) is 18.2 Å². The summed E-state index contributed by atoms with van der Waals surface area (Å²) in [6.45, 7) is 0.268. The average Bonchev–Trinajstić information content (AvgIpc) is 2.29. The van der Waals surface area contributed by atoms with Gasteiger partial charge in [0.25, 0.3) is 5.91 Å². The summed E-state index contributed by atoms with van der Waals surface area (Å²) >= 11 is 3.20. The predicted molar refractivity (Wildman–Crippen MR) is 70.6 cm³/mol. The zero-order chi connectivity index (χ0) is 13.5. The van der Waals surface area contributed by atoms with Crippen molar-refractivity contribution >= 4 is 21.8 Å². The lowest BCUT2D eigenvalue weighted by Crippen LogP contribution is -2.38. The van der Waals surface area contributed by atoms with Crippen molar-refractivity contribution in [2.24, 2.45) is 0 Å². The van der Waals surface area contributed by atoms with Crippen molar-refractivity contribution in [1.82, 2.24) is 5.32 Å². The second-order valence-corrected chi connectivity index (χ2v) is 4.72. The number of phenolic OH excluding ortho intramolecular Hbond substituents is 1. The van der Waals surface area contributed by atoms with Gasteiger partial charge in [0.05, 0.1) is 18.2 Å². The smallest absolute Gasteiger partial charge is 0.255 e. The second-order valence-electron chi connectivity index (χ2n) is 3.80. The van der Waals surface area contributed by atoms with E-state index in [0.29, 0.717) is 17.5 Å². The molecule has 1 atom stereocenters. The number of carbonyl (C=O) groups is 1. The average molecular weight is 318 g/mol. The minimum Gasteiger partial charge on any atom is -0.507 e. The zero-order valence-electron chi connectivity index (χ0n) is 10.0. The number of hydrogen-bond acceptors (Lipinski definition) is 4. The molecule has 5 nitrogen and oxygen atoms in total. The lowest BCUT2D eigenvalue weighted by Gasteiger charge is -2.17. The summed E-state index contributed by atoms with van der Waals surface area (Å²) < 4.78 is 5.64. The third-order valence-corrected chi connectivity index (χ3v) is 2.88. The molecule has 100 valence electrons. The number of phenols is 1. The minimum atomic E-state index is -0.393. The van der Waals surface area contributed by atoms with Crippen LogP contribution in [0.1, 0.15) is 16.8 Å². The number of rotatable bonds is 6. The largest absolute Gasteiger partial charge is 0.507 e. The number of ether oxygens (including phenoxy) is 1. The standard InChI is InChI=1S/C12H16BrNO4/c1-18-7-9(4-5-15)14-12(17)10-3-2-8(13)6-11(10)16/h2-3,6,9,15-16H,4-5,7H2,1H3,(H,14,17). The Morgan fingerprint density at radius 1 is 1.56 bits per heavy atom. The molecule has 3 N–H and O–H groups in total. The van der Waals surface area contributed by atoms with Crippen molar-refractivity contribution in [2.45, 2.75) is 12.5 Å². The molecule has 1 rings (SSSR count). The van der Waals surface area contributed by atoms with E-state index in [1.165, 1.54) is 19.2 Å². The lowest BCUT2D eigenvalue weighted by molar-refractivity contribution is 0.0876. The summed E-state index contributed by atoms with van der Waals surface area (Å²) in [5.41, 5.74) is 0.192. The molecule has 0 spiro atoms. The van der Waals surface area contributed by atoms with E-state index < -0.39 is 5.91 Å². The van der Waals surface area contributed by atoms with Gasteiger partial charge >= 0.3 is 0 Å². The summed E-state index contributed by atoms with van der Waals surface area (Å²) in [6.07, 6.45) is 0.400. The maximum absolute atomic E-state index is 11.9. The molecule has 1 amide bonds. The summed E-state index contributed by atoms with van der Waals surface area (Å²) in [5.74, 6) is -0.488. The SMILES string of the molecule is COCC(CCO)NC(=O)c1ccc(Br)cc1O. The van der Waals surface area contributed by atoms with Crippen LogP contribution in [0.25, 0.3) is 0 Å². The molecule has 18 heavy (non-hydrogen) atoms. The molecule has 6 heteroatoms. The van der Waals surface area contributed by atoms with Gasteiger partial charge in [-0.2, -0.15) is 0 Å². The van der Waals surface area contributed by atoms with E-state index in [9.17, 15) is 9.90 Å². The molecule has 0 saturated carbocycles. The third-order valence-electron chi connectivity index (χ3n) is 2.39. The van der Waals surface area contributed by atoms with Crippen LogP contribution in [-0.2, 0) is 4.74 Å². The van der Waals surface area contributed by atoms with Crippen molar-refractivity contribution in [3.8, 4) is 5.75 Å². The van der Waals surface area contributed by atoms with Crippen molar-refractivity contribution in [1.29, 1.82) is 0 Å². The fourth-order valence-corrected chi connectivity index (χ4v) is 1.86. The van der Waals surface area contributed by atoms with Gasteiger partial charge in [-0.1, -0.05) is 15.9 Å². The molecule has 0 aliphatic carbocycles. The van der Waals surface area contributed by atoms with Crippen molar-refractivity contribution in [3.63, 3.8) is 0 Å². The fraction of sp³-hybridized carbons (Fsp3) is 0.417. The first kappa shape index (κ1) is 14.9. The van der Waals surface area contributed by atoms with E-state index in [1.807, 2.05) is 0 Å². The van der Waals surface area contributed by atoms with Crippen molar-refractivity contribution < 1.29 is 19.7 Å². The molecule has 0 aromatic heterocycles. The highest BCUT2D eigenvalue weighted by Gasteiger charge is 2.16. The Labute approximate surface area is 114 Å². The number of benzene rings is 1. The molecule has 0 aliphatic rings. The van der Waals surface area contributed by atoms with Gasteiger partial charge in [-0.25, -0.2) is 0 Å². The second kappa shape index (κ2) is 7.35. The Hall–Kier alpha value is -1.11. The highest BCUT2D eigenvalue weighted by molar-refractivity contribution is 9.10. The van der Waals surface area contributed by atoms with Crippen LogP contribution in [0.5, 0.6) is 5.75 Å². The highest BCUT2D eigenvalue weighted by atomic mass is 79.9. The monoisotopic (exact) mass is 317 g/mol. The first-order valence-electron chi connectivity index (χ1n) is 5.47. The molecule has 0 fully saturated rings. The van der Waals surface area contributed by atoms with E-state index in [2.05, 4.69) is 21.2 Å². The Morgan fingerprint density at radius 2 is 2.28 bits per heavy atom. The topological polar surface area (TPSA) is 78.8 Å². The third kappa shape index (κ3) is 4.29. The molecular formula is C12H16BrNO4. The van der Waals surface area contributed by atoms with Gasteiger partial charge in [0.1, 0.15) is 5.75 Å². The minimum absolute atomic E-state index is 0.0410. The van der Waals surface area contributed by atoms with Crippen molar-refractivity contribution in [3.05, 3.63) is 28.2 Å². The molecule has 0 saturated heterocycles. The van der Waals surface area contributed by atoms with E-state index in [1.54, 1.807) is 6.07 Å². The summed E-state index contributed by atoms with van der Waals surface area (Å²) in [7, 11) is 1.52. The number of amides is 1. The van der Waals surface area contributed by atoms with Crippen LogP contribution in [-0.4, -0.2) is 42.5 Å². The van der Waals surface area contributed by atoms with Gasteiger partial charge in [-0.15, -0.1) is 0 Å². The number of carbonyl (C=O) groups excluding carboxylic acids is 1. The maximum Gasteiger partial charge on any atom is 0.255 e. The number of aromatic hydroxyl groups is 1. The van der Waals surface area contributed by atoms with Crippen LogP contribution >= 0.6 is 15.9 Å². The Balaban J connectivity index is 2.73. The number of halogens is 1. The van der Waals surface area contributed by atoms with E-state index >= 15 is 0 Å². The van der Waals surface area contributed by atoms with Crippen LogP contribution in [0.15, 0.2) is 22.7 Å². The zero-order valence-corrected chi connectivity index (χ0v) is 11.6. The van der Waals surface area contributed by atoms with Gasteiger partial charge in [-0.3, -0.25) is 4.79 Å². The molecule has 0 radical (unpaired) electrons. The first-order chi connectivity index (χ1) is 8.58. The molecule has 1 aromatic carbocycles. The Kier molecular flexibility index (Phi) is 6.11. The predicted octanol–water partition coefficient (Wildman–Crippen LogP) is 1.28. The number of methoxy groups -OCH3 is 1. The maximum atomic E-state index is 11.9. The van der Waals surface area contributed by atoms with Crippen molar-refractivity contribution in [2.75, 3.05) is 20.3 Å². The van der Waals surface area contributed by atoms with Gasteiger partial charge in [0.15, 0.2) is 0 Å². The Bertz CT molecular complexity index is 405. The van der Waals surface area contributed by atoms with Crippen LogP contribution in [0.3, 0.4) is 0 Å². The first-order valence-corrected chi connectivity index (χ1v) is 6.27. The molecule has 0 heterocycles. The van der Waals surface area contributed by atoms with E-state index in [-0.39, 0.29) is 24.0 Å². The van der Waals surface area contributed by atoms with E-state index in [4.69, 9.17) is 9.84 Å². The molecular weight excluding hydrogens is 302 g/mol. The normalized spacial score (nSPS) is 12.2. The number of nitrogens with one attached hydrogen (secondary N) is 1. The summed E-state index contributed by atoms with van der Waals surface area (Å²) in [4.78, 5) is 11.9. The number of aliphatic hydroxyl groups excluding tert-OH is 1. The van der Waals surface area contributed by atoms with Crippen LogP contribution in [0, 0.1) is 0 Å². The lowest BCUT2D eigenvalue weighted by atomic mass is 10.1. The summed E-state index contributed by atoms with van der Waals surface area (Å²) in [5, 5.41) is 21.2. The van der Waals surface area contributed by atoms with Crippen LogP contribution < -0.4 is 5.32 Å². The number of hydrogen-bond donors (Lipinski definition) is 3. The Morgan fingerprint density at radius 3 is 2.83 bits per heavy atom. The summed E-state index contributed by atoms with van der Waals surface area (Å²) in [6, 6.07) is 4.37. The van der Waals surface area contributed by atoms with Gasteiger partial charge < -0.3 is 20.3 Å². The van der Waals surface area contributed by atoms with Gasteiger partial charge in [0.2, 0.25) is 0 Å². The molecule has 0 aliphatic heterocycles. The van der Waals surface area contributed by atoms with Gasteiger partial charge in [-0.05, 0) is 24.6 Å². The molecule has 0 bridgehead atoms. The fourth-order valence-electron chi connectivity index (χ4n) is 1.51. The molecule has 1 aromatic rings. The van der Waals surface area contributed by atoms with Crippen LogP contribution in [0.2, 0.25) is 0 Å². The number of aliphatic hydroxyl groups is 1. The highest BCUT2D eigenvalue weighted by Crippen LogP contribution is 2.22. The van der Waals surface area contributed by atoms with E-state index in [0.717, 1.165) is 0 Å². The van der Waals surface area contributed by atoms with Crippen LogP contribution in [0.4, 0.5) is 0 Å².